The lowest BCUT2D eigenvalue weighted by Crippen LogP contribution is -2.17. The maximum atomic E-state index is 7.35. The molecule has 2 aliphatic carbocycles. The molecule has 0 saturated carbocycles. The molecule has 12 aromatic carbocycles. The highest BCUT2D eigenvalue weighted by molar-refractivity contribution is 6.25. The van der Waals surface area contributed by atoms with Gasteiger partial charge in [0.1, 0.15) is 44.7 Å². The molecule has 4 heterocycles. The van der Waals surface area contributed by atoms with E-state index in [1.54, 1.807) is 0 Å². The van der Waals surface area contributed by atoms with Crippen molar-refractivity contribution in [2.45, 2.75) is 57.3 Å². The zero-order valence-corrected chi connectivity index (χ0v) is 47.6. The minimum atomic E-state index is -0.399. The van der Waals surface area contributed by atoms with Crippen LogP contribution in [0.15, 0.2) is 254 Å². The van der Waals surface area contributed by atoms with E-state index in [0.717, 1.165) is 123 Å². The van der Waals surface area contributed by atoms with E-state index in [-0.39, 0.29) is 5.92 Å². The summed E-state index contributed by atoms with van der Waals surface area (Å²) in [6.45, 7) is 9.64. The number of hydrogen-bond donors (Lipinski definition) is 0. The third-order valence-electron chi connectivity index (χ3n) is 19.5. The Labute approximate surface area is 491 Å². The molecule has 4 aromatic heterocycles. The summed E-state index contributed by atoms with van der Waals surface area (Å²) < 4.78 is 28.6. The van der Waals surface area contributed by atoms with Crippen molar-refractivity contribution in [1.82, 2.24) is 0 Å². The van der Waals surface area contributed by atoms with Crippen molar-refractivity contribution in [2.24, 2.45) is 0 Å². The largest absolute Gasteiger partial charge is 0.455 e. The smallest absolute Gasteiger partial charge is 0.143 e. The number of para-hydroxylation sites is 4. The summed E-state index contributed by atoms with van der Waals surface area (Å²) in [6.07, 6.45) is 1.51. The van der Waals surface area contributed by atoms with E-state index in [1.807, 2.05) is 0 Å². The fourth-order valence-corrected chi connectivity index (χ4v) is 15.4. The van der Waals surface area contributed by atoms with E-state index in [1.165, 1.54) is 72.0 Å². The average molecular weight is 1090 g/mol. The summed E-state index contributed by atoms with van der Waals surface area (Å²) in [6, 6.07) is 86.0. The van der Waals surface area contributed by atoms with E-state index in [0.29, 0.717) is 0 Å². The van der Waals surface area contributed by atoms with Crippen LogP contribution in [0.2, 0.25) is 0 Å². The molecule has 0 saturated heterocycles. The fourth-order valence-electron chi connectivity index (χ4n) is 15.4. The molecule has 2 aliphatic rings. The third kappa shape index (κ3) is 6.85. The summed E-state index contributed by atoms with van der Waals surface area (Å²) >= 11 is 0. The molecule has 0 spiro atoms. The van der Waals surface area contributed by atoms with Crippen molar-refractivity contribution in [3.05, 3.63) is 276 Å². The van der Waals surface area contributed by atoms with Crippen LogP contribution in [-0.4, -0.2) is 0 Å². The Kier molecular flexibility index (Phi) is 10.1. The summed E-state index contributed by atoms with van der Waals surface area (Å²) in [4.78, 5) is 0. The van der Waals surface area contributed by atoms with Gasteiger partial charge in [0.05, 0.1) is 0 Å². The van der Waals surface area contributed by atoms with Crippen molar-refractivity contribution in [3.63, 3.8) is 0 Å². The zero-order chi connectivity index (χ0) is 56.4. The number of benzene rings is 12. The Balaban J connectivity index is 0.878. The minimum Gasteiger partial charge on any atom is -0.455 e. The van der Waals surface area contributed by atoms with Crippen molar-refractivity contribution in [1.29, 1.82) is 0 Å². The maximum Gasteiger partial charge on any atom is 0.143 e. The summed E-state index contributed by atoms with van der Waals surface area (Å²) in [7, 11) is 0. The lowest BCUT2D eigenvalue weighted by atomic mass is 9.78. The fraction of sp³-hybridized carbons (Fsp3) is 0.111. The van der Waals surface area contributed by atoms with Gasteiger partial charge in [0.2, 0.25) is 0 Å². The quantitative estimate of drug-likeness (QED) is 0.152. The summed E-state index contributed by atoms with van der Waals surface area (Å²) in [5, 5.41) is 9.10. The molecule has 0 bridgehead atoms. The third-order valence-corrected chi connectivity index (χ3v) is 19.5. The molecule has 0 unspecified atom stereocenters. The van der Waals surface area contributed by atoms with Crippen LogP contribution in [0.5, 0.6) is 0 Å². The Morgan fingerprint density at radius 3 is 1.01 bits per heavy atom. The van der Waals surface area contributed by atoms with Gasteiger partial charge in [-0.3, -0.25) is 0 Å². The van der Waals surface area contributed by atoms with Crippen LogP contribution in [0.4, 0.5) is 0 Å². The second-order valence-corrected chi connectivity index (χ2v) is 24.9. The normalized spacial score (nSPS) is 14.0. The number of fused-ring (bicyclic) bond motifs is 22. The maximum absolute atomic E-state index is 7.35. The zero-order valence-electron chi connectivity index (χ0n) is 47.6. The molecular weight excluding hydrogens is 1040 g/mol. The number of hydrogen-bond acceptors (Lipinski definition) is 4. The predicted octanol–water partition coefficient (Wildman–Crippen LogP) is 22.5. The average Bonchev–Trinajstić information content (AvgIpc) is 1.59. The Morgan fingerprint density at radius 2 is 0.612 bits per heavy atom. The molecule has 0 amide bonds. The van der Waals surface area contributed by atoms with Gasteiger partial charge in [-0.1, -0.05) is 228 Å². The van der Waals surface area contributed by atoms with Gasteiger partial charge in [-0.15, -0.1) is 0 Å². The molecule has 0 N–H and O–H groups in total. The first-order chi connectivity index (χ1) is 41.7. The molecule has 0 fully saturated rings. The lowest BCUT2D eigenvalue weighted by molar-refractivity contribution is 0.641. The highest BCUT2D eigenvalue weighted by atomic mass is 16.3. The van der Waals surface area contributed by atoms with Gasteiger partial charge in [-0.05, 0) is 116 Å². The topological polar surface area (TPSA) is 52.6 Å². The summed E-state index contributed by atoms with van der Waals surface area (Å²) in [5.74, 6) is 0.0249. The van der Waals surface area contributed by atoms with Crippen LogP contribution in [0, 0.1) is 0 Å². The van der Waals surface area contributed by atoms with Gasteiger partial charge < -0.3 is 17.7 Å². The lowest BCUT2D eigenvalue weighted by Gasteiger charge is -2.25. The second kappa shape index (κ2) is 17.7. The molecular formula is C81H56O4. The summed E-state index contributed by atoms with van der Waals surface area (Å²) in [5.41, 5.74) is 27.0. The molecule has 4 heteroatoms. The van der Waals surface area contributed by atoms with Gasteiger partial charge in [0, 0.05) is 87.3 Å². The highest BCUT2D eigenvalue weighted by Crippen LogP contribution is 2.61. The van der Waals surface area contributed by atoms with Gasteiger partial charge >= 0.3 is 0 Å². The van der Waals surface area contributed by atoms with Gasteiger partial charge in [0.15, 0.2) is 0 Å². The van der Waals surface area contributed by atoms with E-state index in [9.17, 15) is 0 Å². The molecule has 0 atom stereocenters. The Hall–Kier alpha value is -10.2. The molecule has 16 aromatic rings. The van der Waals surface area contributed by atoms with Crippen molar-refractivity contribution in [3.8, 4) is 55.6 Å². The van der Waals surface area contributed by atoms with Crippen LogP contribution in [0.25, 0.3) is 143 Å². The van der Waals surface area contributed by atoms with E-state index in [4.69, 9.17) is 17.7 Å². The van der Waals surface area contributed by atoms with Crippen molar-refractivity contribution in [2.75, 3.05) is 0 Å². The first kappa shape index (κ1) is 48.4. The number of furan rings is 4. The highest BCUT2D eigenvalue weighted by Gasteiger charge is 2.44. The molecule has 18 rings (SSSR count). The van der Waals surface area contributed by atoms with Gasteiger partial charge in [0.25, 0.3) is 0 Å². The first-order valence-electron chi connectivity index (χ1n) is 29.9. The molecule has 85 heavy (non-hydrogen) atoms. The van der Waals surface area contributed by atoms with Crippen LogP contribution in [0.1, 0.15) is 72.6 Å². The van der Waals surface area contributed by atoms with Gasteiger partial charge in [-0.2, -0.15) is 0 Å². The van der Waals surface area contributed by atoms with E-state index in [2.05, 4.69) is 264 Å². The van der Waals surface area contributed by atoms with Gasteiger partial charge in [-0.25, -0.2) is 0 Å². The SMILES string of the molecule is CC1(C)c2cc(CC(Cc3cc4c(c5oc6ccccc6c35)-c3c(cc(-c5ccccc5)c5oc6ccccc6c35)C4(C)C)c3ccc(-c4ccccc4)cc3)c3c(oc4ccccc43)c2-c2c1cc(-c1ccccc1)c1oc3ccccc3c21. The van der Waals surface area contributed by atoms with Crippen LogP contribution < -0.4 is 0 Å². The van der Waals surface area contributed by atoms with E-state index < -0.39 is 10.8 Å². The standard InChI is InChI=1S/C81H56O4/c1-80(2)60-42-52(68-54-28-14-18-32-64(54)84-78(68)74(60)72-62(80)44-58(49-24-10-6-11-25-49)76-70(72)56-30-16-20-34-66(56)82-76)40-51(48-38-36-47(37-39-48)46-22-8-5-9-23-46)41-53-43-61-75(79-69(53)55-29-15-19-33-65(55)85-79)73-63(81(61,3)4)45-59(50-26-12-7-13-27-50)77-71(73)57-31-17-21-35-67(57)83-77/h5-39,42-45,51H,40-41H2,1-4H3. The molecule has 0 radical (unpaired) electrons. The monoisotopic (exact) mass is 1090 g/mol. The molecule has 0 aliphatic heterocycles. The Morgan fingerprint density at radius 1 is 0.294 bits per heavy atom. The Bertz CT molecular complexity index is 5150. The predicted molar refractivity (Wildman–Crippen MR) is 350 cm³/mol. The molecule has 4 nitrogen and oxygen atoms in total. The minimum absolute atomic E-state index is 0.0249. The van der Waals surface area contributed by atoms with Crippen molar-refractivity contribution < 1.29 is 17.7 Å². The van der Waals surface area contributed by atoms with Crippen LogP contribution in [0.3, 0.4) is 0 Å². The first-order valence-corrected chi connectivity index (χ1v) is 29.9. The second-order valence-electron chi connectivity index (χ2n) is 24.9. The number of rotatable bonds is 8. The van der Waals surface area contributed by atoms with E-state index >= 15 is 0 Å². The van der Waals surface area contributed by atoms with Crippen LogP contribution in [-0.2, 0) is 23.7 Å². The molecule has 404 valence electrons. The van der Waals surface area contributed by atoms with Crippen LogP contribution >= 0.6 is 0 Å². The van der Waals surface area contributed by atoms with Crippen molar-refractivity contribution >= 4 is 87.8 Å².